The molecule has 0 aliphatic heterocycles. The number of carboxylic acid groups (broad SMARTS) is 1. The van der Waals surface area contributed by atoms with E-state index in [2.05, 4.69) is 41.5 Å². The monoisotopic (exact) mass is 354 g/mol. The fraction of sp³-hybridized carbons (Fsp3) is 0.789. The van der Waals surface area contributed by atoms with Crippen molar-refractivity contribution in [1.82, 2.24) is 0 Å². The Morgan fingerprint density at radius 3 is 1.96 bits per heavy atom. The third kappa shape index (κ3) is 4.29. The van der Waals surface area contributed by atoms with Crippen LogP contribution in [-0.2, 0) is 14.0 Å². The standard InChI is InChI=1S/C19H34O4Si/c1-14(2)24(15(3)4,23-18(22)13-12-17(20)21)19(5,6)16-10-8-7-9-11-16/h12-16H,7-11H2,1-6H3,(H,20,21)/b13-12+. The van der Waals surface area contributed by atoms with Crippen molar-refractivity contribution in [3.8, 4) is 0 Å². The Kier molecular flexibility index (Phi) is 7.26. The van der Waals surface area contributed by atoms with Gasteiger partial charge in [0.15, 0.2) is 0 Å². The van der Waals surface area contributed by atoms with Crippen LogP contribution in [0.15, 0.2) is 12.2 Å². The molecule has 4 nitrogen and oxygen atoms in total. The molecule has 0 bridgehead atoms. The first-order chi connectivity index (χ1) is 11.1. The Morgan fingerprint density at radius 2 is 1.54 bits per heavy atom. The van der Waals surface area contributed by atoms with Crippen LogP contribution in [0.5, 0.6) is 0 Å². The van der Waals surface area contributed by atoms with E-state index in [0.717, 1.165) is 12.2 Å². The lowest BCUT2D eigenvalue weighted by Crippen LogP contribution is -2.57. The Balaban J connectivity index is 3.22. The van der Waals surface area contributed by atoms with E-state index >= 15 is 0 Å². The molecule has 0 aromatic rings. The van der Waals surface area contributed by atoms with E-state index in [1.165, 1.54) is 32.1 Å². The van der Waals surface area contributed by atoms with Crippen LogP contribution in [-0.4, -0.2) is 25.4 Å². The molecule has 0 aromatic carbocycles. The molecule has 1 aliphatic carbocycles. The van der Waals surface area contributed by atoms with Crippen molar-refractivity contribution >= 4 is 20.3 Å². The molecule has 0 unspecified atom stereocenters. The summed E-state index contributed by atoms with van der Waals surface area (Å²) in [6.45, 7) is 13.2. The molecule has 1 rings (SSSR count). The first kappa shape index (κ1) is 20.9. The van der Waals surface area contributed by atoms with Crippen LogP contribution < -0.4 is 0 Å². The number of carbonyl (C=O) groups excluding carboxylic acids is 1. The largest absolute Gasteiger partial charge is 0.515 e. The van der Waals surface area contributed by atoms with Crippen LogP contribution in [0.25, 0.3) is 0 Å². The zero-order chi connectivity index (χ0) is 18.5. The maximum absolute atomic E-state index is 12.4. The van der Waals surface area contributed by atoms with Crippen LogP contribution in [0.1, 0.15) is 73.6 Å². The molecule has 0 spiro atoms. The van der Waals surface area contributed by atoms with Crippen LogP contribution in [0.4, 0.5) is 0 Å². The minimum Gasteiger partial charge on any atom is -0.515 e. The van der Waals surface area contributed by atoms with E-state index in [1.807, 2.05) is 0 Å². The predicted octanol–water partition coefficient (Wildman–Crippen LogP) is 5.30. The van der Waals surface area contributed by atoms with Crippen LogP contribution in [0, 0.1) is 5.92 Å². The van der Waals surface area contributed by atoms with Crippen LogP contribution in [0.3, 0.4) is 0 Å². The van der Waals surface area contributed by atoms with E-state index in [9.17, 15) is 9.59 Å². The minimum absolute atomic E-state index is 0.0392. The Labute approximate surface area is 147 Å². The number of carboxylic acids is 1. The third-order valence-electron chi connectivity index (χ3n) is 5.98. The van der Waals surface area contributed by atoms with Gasteiger partial charge in [0.2, 0.25) is 0 Å². The summed E-state index contributed by atoms with van der Waals surface area (Å²) in [5, 5.41) is 8.72. The van der Waals surface area contributed by atoms with E-state index in [1.54, 1.807) is 0 Å². The summed E-state index contributed by atoms with van der Waals surface area (Å²) in [6.07, 6.45) is 8.13. The van der Waals surface area contributed by atoms with Gasteiger partial charge in [-0.15, -0.1) is 0 Å². The Bertz CT molecular complexity index is 466. The van der Waals surface area contributed by atoms with Gasteiger partial charge in [-0.1, -0.05) is 73.6 Å². The van der Waals surface area contributed by atoms with Gasteiger partial charge in [0.1, 0.15) is 0 Å². The van der Waals surface area contributed by atoms with E-state index in [-0.39, 0.29) is 16.1 Å². The molecule has 1 N–H and O–H groups in total. The maximum atomic E-state index is 12.4. The second-order valence-electron chi connectivity index (χ2n) is 8.25. The van der Waals surface area contributed by atoms with Gasteiger partial charge >= 0.3 is 11.9 Å². The molecular weight excluding hydrogens is 320 g/mol. The van der Waals surface area contributed by atoms with Crippen molar-refractivity contribution in [2.45, 2.75) is 89.8 Å². The number of hydrogen-bond acceptors (Lipinski definition) is 3. The van der Waals surface area contributed by atoms with Gasteiger partial charge in [-0.2, -0.15) is 0 Å². The van der Waals surface area contributed by atoms with Gasteiger partial charge in [0.05, 0.1) is 0 Å². The van der Waals surface area contributed by atoms with Gasteiger partial charge < -0.3 is 9.53 Å². The molecule has 1 saturated carbocycles. The van der Waals surface area contributed by atoms with Crippen molar-refractivity contribution in [1.29, 1.82) is 0 Å². The molecule has 1 fully saturated rings. The quantitative estimate of drug-likeness (QED) is 0.498. The number of rotatable bonds is 7. The molecule has 0 radical (unpaired) electrons. The first-order valence-corrected chi connectivity index (χ1v) is 11.3. The van der Waals surface area contributed by atoms with Crippen LogP contribution >= 0.6 is 0 Å². The van der Waals surface area contributed by atoms with E-state index in [4.69, 9.17) is 9.53 Å². The zero-order valence-corrected chi connectivity index (χ0v) is 17.1. The summed E-state index contributed by atoms with van der Waals surface area (Å²) >= 11 is 0. The van der Waals surface area contributed by atoms with Gasteiger partial charge in [0, 0.05) is 12.2 Å². The molecular formula is C19H34O4Si. The smallest absolute Gasteiger partial charge is 0.328 e. The topological polar surface area (TPSA) is 63.6 Å². The molecule has 0 amide bonds. The minimum atomic E-state index is -2.49. The van der Waals surface area contributed by atoms with Gasteiger partial charge in [-0.05, 0) is 22.0 Å². The summed E-state index contributed by atoms with van der Waals surface area (Å²) in [6, 6.07) is 0. The Hall–Kier alpha value is -1.10. The fourth-order valence-corrected chi connectivity index (χ4v) is 11.4. The SMILES string of the molecule is CC(C)[Si](OC(=O)/C=C/C(=O)O)(C(C)C)C(C)(C)C1CCCCC1. The van der Waals surface area contributed by atoms with Crippen molar-refractivity contribution in [2.24, 2.45) is 5.92 Å². The molecule has 0 heterocycles. The average Bonchev–Trinajstić information content (AvgIpc) is 2.50. The highest BCUT2D eigenvalue weighted by atomic mass is 28.4. The van der Waals surface area contributed by atoms with Crippen molar-refractivity contribution in [3.05, 3.63) is 12.2 Å². The highest BCUT2D eigenvalue weighted by Crippen LogP contribution is 2.58. The lowest BCUT2D eigenvalue weighted by Gasteiger charge is -2.53. The molecule has 24 heavy (non-hydrogen) atoms. The van der Waals surface area contributed by atoms with E-state index in [0.29, 0.717) is 5.92 Å². The Morgan fingerprint density at radius 1 is 1.04 bits per heavy atom. The second-order valence-corrected chi connectivity index (χ2v) is 13.6. The summed E-state index contributed by atoms with van der Waals surface area (Å²) in [5.74, 6) is -1.06. The number of aliphatic carboxylic acids is 1. The third-order valence-corrected chi connectivity index (χ3v) is 12.4. The number of hydrogen-bond donors (Lipinski definition) is 1. The van der Waals surface area contributed by atoms with Crippen molar-refractivity contribution in [2.75, 3.05) is 0 Å². The van der Waals surface area contributed by atoms with E-state index < -0.39 is 20.3 Å². The molecule has 138 valence electrons. The van der Waals surface area contributed by atoms with Crippen molar-refractivity contribution in [3.63, 3.8) is 0 Å². The molecule has 0 saturated heterocycles. The predicted molar refractivity (Wildman–Crippen MR) is 99.4 cm³/mol. The van der Waals surface area contributed by atoms with Gasteiger partial charge in [-0.25, -0.2) is 9.59 Å². The number of carbonyl (C=O) groups is 2. The highest BCUT2D eigenvalue weighted by molar-refractivity contribution is 6.80. The zero-order valence-electron chi connectivity index (χ0n) is 16.1. The summed E-state index contributed by atoms with van der Waals surface area (Å²) in [7, 11) is -2.49. The lowest BCUT2D eigenvalue weighted by molar-refractivity contribution is -0.133. The normalized spacial score (nSPS) is 17.7. The molecule has 0 atom stereocenters. The first-order valence-electron chi connectivity index (χ1n) is 9.19. The average molecular weight is 355 g/mol. The molecule has 1 aliphatic rings. The summed E-state index contributed by atoms with van der Waals surface area (Å²) in [5.41, 5.74) is 0.549. The highest BCUT2D eigenvalue weighted by Gasteiger charge is 2.59. The summed E-state index contributed by atoms with van der Waals surface area (Å²) in [4.78, 5) is 23.1. The van der Waals surface area contributed by atoms with Crippen molar-refractivity contribution < 1.29 is 19.1 Å². The fourth-order valence-electron chi connectivity index (χ4n) is 5.01. The van der Waals surface area contributed by atoms with Crippen LogP contribution in [0.2, 0.25) is 16.1 Å². The maximum Gasteiger partial charge on any atom is 0.328 e. The van der Waals surface area contributed by atoms with Gasteiger partial charge in [0.25, 0.3) is 8.32 Å². The summed E-state index contributed by atoms with van der Waals surface area (Å²) < 4.78 is 6.18. The lowest BCUT2D eigenvalue weighted by atomic mass is 9.81. The second kappa shape index (κ2) is 8.32. The molecule has 0 aromatic heterocycles. The van der Waals surface area contributed by atoms with Gasteiger partial charge in [-0.3, -0.25) is 0 Å². The molecule has 5 heteroatoms.